The summed E-state index contributed by atoms with van der Waals surface area (Å²) in [5, 5.41) is 2.88. The summed E-state index contributed by atoms with van der Waals surface area (Å²) in [7, 11) is -2.17. The Balaban J connectivity index is 1.67. The van der Waals surface area contributed by atoms with Crippen LogP contribution in [0, 0.1) is 6.92 Å². The van der Waals surface area contributed by atoms with E-state index in [1.807, 2.05) is 37.4 Å². The largest absolute Gasteiger partial charge is 0.481 e. The first-order valence-corrected chi connectivity index (χ1v) is 12.6. The van der Waals surface area contributed by atoms with Crippen LogP contribution in [-0.4, -0.2) is 33.7 Å². The number of rotatable bonds is 8. The van der Waals surface area contributed by atoms with E-state index >= 15 is 0 Å². The van der Waals surface area contributed by atoms with E-state index in [-0.39, 0.29) is 10.8 Å². The van der Waals surface area contributed by atoms with Crippen LogP contribution < -0.4 is 14.4 Å². The standard InChI is InChI=1S/C24H26N2O4S2/c1-17-9-15-21(16-10-17)32(28,29)26(3)19-11-13-20(14-12-19)30-18(2)24(27)25-22-7-5-6-8-23(22)31-4/h5-16,18H,1-4H3,(H,25,27). The molecule has 0 fully saturated rings. The Labute approximate surface area is 193 Å². The maximum absolute atomic E-state index is 12.9. The Morgan fingerprint density at radius 2 is 1.62 bits per heavy atom. The number of nitrogens with one attached hydrogen (secondary N) is 1. The van der Waals surface area contributed by atoms with E-state index in [0.29, 0.717) is 11.4 Å². The van der Waals surface area contributed by atoms with Crippen molar-refractivity contribution in [3.8, 4) is 5.75 Å². The number of hydrogen-bond donors (Lipinski definition) is 1. The number of aryl methyl sites for hydroxylation is 1. The van der Waals surface area contributed by atoms with E-state index in [1.54, 1.807) is 67.2 Å². The van der Waals surface area contributed by atoms with Gasteiger partial charge in [-0.15, -0.1) is 11.8 Å². The molecule has 8 heteroatoms. The molecule has 0 aliphatic carbocycles. The molecule has 0 saturated heterocycles. The Hall–Kier alpha value is -2.97. The normalized spacial score (nSPS) is 12.1. The molecule has 3 aromatic carbocycles. The predicted octanol–water partition coefficient (Wildman–Crippen LogP) is 4.95. The molecule has 32 heavy (non-hydrogen) atoms. The molecule has 0 radical (unpaired) electrons. The zero-order valence-electron chi connectivity index (χ0n) is 18.4. The van der Waals surface area contributed by atoms with E-state index in [1.165, 1.54) is 11.4 Å². The Morgan fingerprint density at radius 3 is 2.25 bits per heavy atom. The number of thioether (sulfide) groups is 1. The topological polar surface area (TPSA) is 75.7 Å². The SMILES string of the molecule is CSc1ccccc1NC(=O)C(C)Oc1ccc(N(C)S(=O)(=O)c2ccc(C)cc2)cc1. The lowest BCUT2D eigenvalue weighted by Gasteiger charge is -2.20. The van der Waals surface area contributed by atoms with Crippen LogP contribution in [0.15, 0.2) is 82.6 Å². The Morgan fingerprint density at radius 1 is 1.00 bits per heavy atom. The summed E-state index contributed by atoms with van der Waals surface area (Å²) in [6.45, 7) is 3.57. The van der Waals surface area contributed by atoms with E-state index in [4.69, 9.17) is 4.74 Å². The minimum Gasteiger partial charge on any atom is -0.481 e. The maximum Gasteiger partial charge on any atom is 0.265 e. The number of carbonyl (C=O) groups excluding carboxylic acids is 1. The average molecular weight is 471 g/mol. The number of hydrogen-bond acceptors (Lipinski definition) is 5. The zero-order valence-corrected chi connectivity index (χ0v) is 20.0. The van der Waals surface area contributed by atoms with Crippen LogP contribution in [0.5, 0.6) is 5.75 Å². The fourth-order valence-electron chi connectivity index (χ4n) is 2.98. The zero-order chi connectivity index (χ0) is 23.3. The number of ether oxygens (including phenoxy) is 1. The van der Waals surface area contributed by atoms with Crippen LogP contribution in [-0.2, 0) is 14.8 Å². The first-order chi connectivity index (χ1) is 15.2. The van der Waals surface area contributed by atoms with Crippen molar-refractivity contribution in [2.75, 3.05) is 22.9 Å². The van der Waals surface area contributed by atoms with Crippen molar-refractivity contribution in [1.29, 1.82) is 0 Å². The first kappa shape index (κ1) is 23.7. The third-order valence-electron chi connectivity index (χ3n) is 4.93. The molecule has 3 rings (SSSR count). The van der Waals surface area contributed by atoms with Crippen LogP contribution in [0.4, 0.5) is 11.4 Å². The quantitative estimate of drug-likeness (QED) is 0.472. The number of carbonyl (C=O) groups is 1. The molecule has 0 spiro atoms. The lowest BCUT2D eigenvalue weighted by atomic mass is 10.2. The number of amides is 1. The minimum absolute atomic E-state index is 0.224. The van der Waals surface area contributed by atoms with Gasteiger partial charge in [-0.25, -0.2) is 8.42 Å². The second-order valence-electron chi connectivity index (χ2n) is 7.23. The predicted molar refractivity (Wildman–Crippen MR) is 130 cm³/mol. The molecule has 1 unspecified atom stereocenters. The highest BCUT2D eigenvalue weighted by molar-refractivity contribution is 7.98. The van der Waals surface area contributed by atoms with Crippen molar-refractivity contribution in [3.05, 3.63) is 78.4 Å². The van der Waals surface area contributed by atoms with Crippen molar-refractivity contribution < 1.29 is 17.9 Å². The lowest BCUT2D eigenvalue weighted by molar-refractivity contribution is -0.122. The highest BCUT2D eigenvalue weighted by Gasteiger charge is 2.21. The molecule has 0 aliphatic heterocycles. The summed E-state index contributed by atoms with van der Waals surface area (Å²) in [5.41, 5.74) is 2.21. The molecule has 1 N–H and O–H groups in total. The van der Waals surface area contributed by atoms with Crippen molar-refractivity contribution in [1.82, 2.24) is 0 Å². The van der Waals surface area contributed by atoms with E-state index in [9.17, 15) is 13.2 Å². The van der Waals surface area contributed by atoms with E-state index < -0.39 is 16.1 Å². The number of sulfonamides is 1. The van der Waals surface area contributed by atoms with Crippen LogP contribution in [0.2, 0.25) is 0 Å². The second kappa shape index (κ2) is 10.1. The molecule has 0 aliphatic rings. The summed E-state index contributed by atoms with van der Waals surface area (Å²) in [5.74, 6) is 0.199. The molecular formula is C24H26N2O4S2. The summed E-state index contributed by atoms with van der Waals surface area (Å²) in [6, 6.07) is 20.9. The summed E-state index contributed by atoms with van der Waals surface area (Å²) in [6.07, 6.45) is 1.22. The van der Waals surface area contributed by atoms with Crippen LogP contribution in [0.3, 0.4) is 0 Å². The van der Waals surface area contributed by atoms with Gasteiger partial charge >= 0.3 is 0 Å². The molecule has 0 heterocycles. The smallest absolute Gasteiger partial charge is 0.265 e. The van der Waals surface area contributed by atoms with Gasteiger partial charge in [0.25, 0.3) is 15.9 Å². The average Bonchev–Trinajstić information content (AvgIpc) is 2.79. The molecular weight excluding hydrogens is 444 g/mol. The number of para-hydroxylation sites is 1. The van der Waals surface area contributed by atoms with Crippen molar-refractivity contribution in [2.45, 2.75) is 29.7 Å². The van der Waals surface area contributed by atoms with Gasteiger partial charge in [0, 0.05) is 11.9 Å². The third-order valence-corrected chi connectivity index (χ3v) is 7.52. The molecule has 1 atom stereocenters. The van der Waals surface area contributed by atoms with Gasteiger partial charge in [0.1, 0.15) is 5.75 Å². The van der Waals surface area contributed by atoms with Crippen LogP contribution in [0.25, 0.3) is 0 Å². The van der Waals surface area contributed by atoms with E-state index in [0.717, 1.165) is 16.1 Å². The molecule has 6 nitrogen and oxygen atoms in total. The van der Waals surface area contributed by atoms with Gasteiger partial charge in [0.15, 0.2) is 6.10 Å². The Bertz CT molecular complexity index is 1180. The monoisotopic (exact) mass is 470 g/mol. The Kier molecular flexibility index (Phi) is 7.48. The van der Waals surface area contributed by atoms with Gasteiger partial charge in [0.05, 0.1) is 16.3 Å². The molecule has 3 aromatic rings. The van der Waals surface area contributed by atoms with Gasteiger partial charge in [-0.2, -0.15) is 0 Å². The number of anilines is 2. The summed E-state index contributed by atoms with van der Waals surface area (Å²) >= 11 is 1.55. The van der Waals surface area contributed by atoms with Crippen molar-refractivity contribution >= 4 is 39.1 Å². The molecule has 1 amide bonds. The molecule has 0 bridgehead atoms. The van der Waals surface area contributed by atoms with Crippen LogP contribution >= 0.6 is 11.8 Å². The molecule has 0 saturated carbocycles. The van der Waals surface area contributed by atoms with Crippen LogP contribution in [0.1, 0.15) is 12.5 Å². The van der Waals surface area contributed by atoms with Crippen molar-refractivity contribution in [3.63, 3.8) is 0 Å². The van der Waals surface area contributed by atoms with E-state index in [2.05, 4.69) is 5.32 Å². The van der Waals surface area contributed by atoms with Gasteiger partial charge in [0.2, 0.25) is 0 Å². The number of benzene rings is 3. The minimum atomic E-state index is -3.67. The lowest BCUT2D eigenvalue weighted by Crippen LogP contribution is -2.30. The molecule has 0 aromatic heterocycles. The van der Waals surface area contributed by atoms with Gasteiger partial charge < -0.3 is 10.1 Å². The van der Waals surface area contributed by atoms with Gasteiger partial charge in [-0.1, -0.05) is 29.8 Å². The highest BCUT2D eigenvalue weighted by Crippen LogP contribution is 2.26. The fourth-order valence-corrected chi connectivity index (χ4v) is 4.73. The highest BCUT2D eigenvalue weighted by atomic mass is 32.2. The first-order valence-electron chi connectivity index (χ1n) is 9.98. The maximum atomic E-state index is 12.9. The van der Waals surface area contributed by atoms with Gasteiger partial charge in [-0.05, 0) is 68.6 Å². The second-order valence-corrected chi connectivity index (χ2v) is 10.0. The van der Waals surface area contributed by atoms with Crippen molar-refractivity contribution in [2.24, 2.45) is 0 Å². The third kappa shape index (κ3) is 5.44. The number of nitrogens with zero attached hydrogens (tertiary/aromatic N) is 1. The fraction of sp³-hybridized carbons (Fsp3) is 0.208. The summed E-state index contributed by atoms with van der Waals surface area (Å²) in [4.78, 5) is 13.7. The summed E-state index contributed by atoms with van der Waals surface area (Å²) < 4.78 is 32.7. The molecule has 168 valence electrons. The van der Waals surface area contributed by atoms with Gasteiger partial charge in [-0.3, -0.25) is 9.10 Å².